The van der Waals surface area contributed by atoms with Crippen molar-refractivity contribution in [3.8, 4) is 0 Å². The Bertz CT molecular complexity index is 670. The second-order valence-electron chi connectivity index (χ2n) is 11.1. The van der Waals surface area contributed by atoms with Gasteiger partial charge in [0.05, 0.1) is 0 Å². The van der Waals surface area contributed by atoms with E-state index in [9.17, 15) is 5.11 Å². The average Bonchev–Trinajstić information content (AvgIpc) is 3.04. The molecule has 1 unspecified atom stereocenters. The van der Waals surface area contributed by atoms with Crippen molar-refractivity contribution in [2.24, 2.45) is 40.4 Å². The Morgan fingerprint density at radius 1 is 1.07 bits per heavy atom. The smallest absolute Gasteiger partial charge is 0.0459 e. The molecule has 4 aliphatic rings. The molecule has 0 bridgehead atoms. The quantitative estimate of drug-likeness (QED) is 0.503. The monoisotopic (exact) mass is 382 g/mol. The molecule has 0 heterocycles. The molecule has 0 aromatic rings. The van der Waals surface area contributed by atoms with Crippen LogP contribution in [0.4, 0.5) is 0 Å². The number of allylic oxidation sites excluding steroid dienone is 6. The van der Waals surface area contributed by atoms with Gasteiger partial charge in [-0.05, 0) is 91.8 Å². The third-order valence-corrected chi connectivity index (χ3v) is 9.48. The number of fused-ring (bicyclic) bond motifs is 5. The van der Waals surface area contributed by atoms with Crippen LogP contribution < -0.4 is 0 Å². The maximum Gasteiger partial charge on any atom is 0.0459 e. The first kappa shape index (κ1) is 20.5. The third kappa shape index (κ3) is 3.26. The fraction of sp³-hybridized carbons (Fsp3) is 0.778. The molecule has 156 valence electrons. The largest absolute Gasteiger partial charge is 0.396 e. The van der Waals surface area contributed by atoms with Crippen molar-refractivity contribution in [3.63, 3.8) is 0 Å². The van der Waals surface area contributed by atoms with Crippen LogP contribution in [0.3, 0.4) is 0 Å². The van der Waals surface area contributed by atoms with Crippen molar-refractivity contribution in [1.29, 1.82) is 0 Å². The first-order valence-electron chi connectivity index (χ1n) is 12.1. The van der Waals surface area contributed by atoms with Crippen LogP contribution in [0, 0.1) is 40.4 Å². The van der Waals surface area contributed by atoms with E-state index in [1.807, 2.05) is 5.57 Å². The summed E-state index contributed by atoms with van der Waals surface area (Å²) in [7, 11) is 0. The van der Waals surface area contributed by atoms with Crippen LogP contribution in [0.2, 0.25) is 0 Å². The van der Waals surface area contributed by atoms with Gasteiger partial charge in [-0.3, -0.25) is 0 Å². The molecule has 1 heteroatoms. The second-order valence-corrected chi connectivity index (χ2v) is 11.1. The molecule has 4 aliphatic carbocycles. The number of aliphatic hydroxyl groups is 1. The number of hydrogen-bond acceptors (Lipinski definition) is 1. The molecule has 1 N–H and O–H groups in total. The number of rotatable bonds is 5. The molecule has 1 nitrogen and oxygen atoms in total. The minimum Gasteiger partial charge on any atom is -0.396 e. The molecule has 0 aliphatic heterocycles. The highest BCUT2D eigenvalue weighted by atomic mass is 16.3. The van der Waals surface area contributed by atoms with Crippen molar-refractivity contribution in [1.82, 2.24) is 0 Å². The van der Waals surface area contributed by atoms with Crippen LogP contribution in [0.15, 0.2) is 35.5 Å². The molecule has 0 radical (unpaired) electrons. The molecule has 3 saturated carbocycles. The summed E-state index contributed by atoms with van der Waals surface area (Å²) in [6.07, 6.45) is 22.1. The summed E-state index contributed by atoms with van der Waals surface area (Å²) < 4.78 is 0. The maximum atomic E-state index is 9.28. The normalized spacial score (nSPS) is 42.2. The Balaban J connectivity index is 1.53. The molecular formula is C27H42O. The zero-order chi connectivity index (χ0) is 19.9. The van der Waals surface area contributed by atoms with Gasteiger partial charge in [0.1, 0.15) is 0 Å². The minimum atomic E-state index is 0.297. The molecule has 0 spiro atoms. The van der Waals surface area contributed by atoms with Gasteiger partial charge in [-0.2, -0.15) is 0 Å². The van der Waals surface area contributed by atoms with E-state index >= 15 is 0 Å². The fourth-order valence-corrected chi connectivity index (χ4v) is 7.67. The van der Waals surface area contributed by atoms with Crippen molar-refractivity contribution in [2.75, 3.05) is 6.61 Å². The SMILES string of the molecule is CC(CO)CC=C[C@@H](C)[C@H]1CC[C@H]2C3=CC=C4CCCC[C@]4(C)[C@H]3CC[C@]12C. The van der Waals surface area contributed by atoms with Crippen LogP contribution in [0.1, 0.15) is 85.5 Å². The first-order chi connectivity index (χ1) is 13.4. The van der Waals surface area contributed by atoms with Crippen molar-refractivity contribution in [3.05, 3.63) is 35.5 Å². The summed E-state index contributed by atoms with van der Waals surface area (Å²) in [5.41, 5.74) is 4.54. The topological polar surface area (TPSA) is 20.2 Å². The molecule has 0 amide bonds. The lowest BCUT2D eigenvalue weighted by molar-refractivity contribution is 0.0575. The highest BCUT2D eigenvalue weighted by Crippen LogP contribution is 2.65. The number of hydrogen-bond donors (Lipinski definition) is 1. The van der Waals surface area contributed by atoms with E-state index in [0.717, 1.165) is 24.2 Å². The predicted molar refractivity (Wildman–Crippen MR) is 119 cm³/mol. The summed E-state index contributed by atoms with van der Waals surface area (Å²) in [6.45, 7) is 10.1. The van der Waals surface area contributed by atoms with Crippen LogP contribution in [0.5, 0.6) is 0 Å². The summed E-state index contributed by atoms with van der Waals surface area (Å²) in [6, 6.07) is 0. The summed E-state index contributed by atoms with van der Waals surface area (Å²) in [4.78, 5) is 0. The van der Waals surface area contributed by atoms with E-state index in [2.05, 4.69) is 52.0 Å². The standard InChI is InChI=1S/C27H42O/c1-19(18-28)8-7-9-20(2)23-13-14-24-22-12-11-21-10-5-6-16-26(21,3)25(22)15-17-27(23,24)4/h7,9,11-12,19-20,23-25,28H,5-6,8,10,13-18H2,1-4H3/t19?,20-,23-,24+,25+,26+,27-/m1/s1. The Hall–Kier alpha value is -0.820. The van der Waals surface area contributed by atoms with Crippen LogP contribution in [0.25, 0.3) is 0 Å². The molecule has 3 fully saturated rings. The fourth-order valence-electron chi connectivity index (χ4n) is 7.67. The molecule has 7 atom stereocenters. The molecule has 0 saturated heterocycles. The zero-order valence-corrected chi connectivity index (χ0v) is 18.7. The van der Waals surface area contributed by atoms with Crippen LogP contribution in [-0.4, -0.2) is 11.7 Å². The second kappa shape index (κ2) is 7.78. The first-order valence-corrected chi connectivity index (χ1v) is 12.1. The van der Waals surface area contributed by atoms with Crippen LogP contribution in [-0.2, 0) is 0 Å². The van der Waals surface area contributed by atoms with E-state index in [4.69, 9.17) is 0 Å². The molecule has 0 aromatic heterocycles. The van der Waals surface area contributed by atoms with E-state index in [0.29, 0.717) is 29.3 Å². The lowest BCUT2D eigenvalue weighted by Crippen LogP contribution is -2.45. The molecular weight excluding hydrogens is 340 g/mol. The Kier molecular flexibility index (Phi) is 5.69. The van der Waals surface area contributed by atoms with Gasteiger partial charge in [-0.25, -0.2) is 0 Å². The summed E-state index contributed by atoms with van der Waals surface area (Å²) in [5.74, 6) is 3.47. The van der Waals surface area contributed by atoms with Crippen molar-refractivity contribution >= 4 is 0 Å². The third-order valence-electron chi connectivity index (χ3n) is 9.48. The summed E-state index contributed by atoms with van der Waals surface area (Å²) >= 11 is 0. The highest BCUT2D eigenvalue weighted by Gasteiger charge is 2.56. The van der Waals surface area contributed by atoms with Gasteiger partial charge in [-0.15, -0.1) is 0 Å². The van der Waals surface area contributed by atoms with Crippen molar-refractivity contribution in [2.45, 2.75) is 85.5 Å². The van der Waals surface area contributed by atoms with Gasteiger partial charge in [0.25, 0.3) is 0 Å². The molecule has 0 aromatic carbocycles. The highest BCUT2D eigenvalue weighted by molar-refractivity contribution is 5.38. The van der Waals surface area contributed by atoms with Crippen molar-refractivity contribution < 1.29 is 5.11 Å². The van der Waals surface area contributed by atoms with E-state index in [1.165, 1.54) is 51.4 Å². The Morgan fingerprint density at radius 3 is 2.68 bits per heavy atom. The number of aliphatic hydroxyl groups excluding tert-OH is 1. The van der Waals surface area contributed by atoms with Crippen LogP contribution >= 0.6 is 0 Å². The van der Waals surface area contributed by atoms with E-state index in [1.54, 1.807) is 5.57 Å². The van der Waals surface area contributed by atoms with Gasteiger partial charge in [0.2, 0.25) is 0 Å². The zero-order valence-electron chi connectivity index (χ0n) is 18.7. The molecule has 28 heavy (non-hydrogen) atoms. The van der Waals surface area contributed by atoms with Gasteiger partial charge >= 0.3 is 0 Å². The van der Waals surface area contributed by atoms with E-state index in [-0.39, 0.29) is 0 Å². The Labute approximate surface area is 173 Å². The van der Waals surface area contributed by atoms with E-state index < -0.39 is 0 Å². The molecule has 4 rings (SSSR count). The lowest BCUT2D eigenvalue weighted by Gasteiger charge is -2.54. The minimum absolute atomic E-state index is 0.297. The summed E-state index contributed by atoms with van der Waals surface area (Å²) in [5, 5.41) is 9.28. The van der Waals surface area contributed by atoms with Gasteiger partial charge in [0.15, 0.2) is 0 Å². The Morgan fingerprint density at radius 2 is 1.89 bits per heavy atom. The predicted octanol–water partition coefficient (Wildman–Crippen LogP) is 7.09. The lowest BCUT2D eigenvalue weighted by atomic mass is 9.50. The van der Waals surface area contributed by atoms with Gasteiger partial charge in [0, 0.05) is 6.61 Å². The van der Waals surface area contributed by atoms with Gasteiger partial charge < -0.3 is 5.11 Å². The van der Waals surface area contributed by atoms with Gasteiger partial charge in [-0.1, -0.05) is 69.6 Å². The maximum absolute atomic E-state index is 9.28. The average molecular weight is 383 g/mol.